The van der Waals surface area contributed by atoms with Gasteiger partial charge in [-0.3, -0.25) is 4.79 Å². The van der Waals surface area contributed by atoms with E-state index in [1.165, 1.54) is 5.56 Å². The molecule has 1 unspecified atom stereocenters. The minimum Gasteiger partial charge on any atom is -0.299 e. The van der Waals surface area contributed by atoms with E-state index in [-0.39, 0.29) is 5.92 Å². The molecule has 1 atom stereocenters. The van der Waals surface area contributed by atoms with Crippen LogP contribution in [0, 0.1) is 0 Å². The lowest BCUT2D eigenvalue weighted by Gasteiger charge is -2.12. The number of carbonyl (C=O) groups is 1. The van der Waals surface area contributed by atoms with Crippen molar-refractivity contribution in [1.82, 2.24) is 0 Å². The van der Waals surface area contributed by atoms with E-state index in [9.17, 15) is 4.79 Å². The largest absolute Gasteiger partial charge is 0.299 e. The number of rotatable bonds is 6. The van der Waals surface area contributed by atoms with Gasteiger partial charge in [0.2, 0.25) is 0 Å². The molecule has 1 nitrogen and oxygen atoms in total. The molecule has 0 N–H and O–H groups in total. The van der Waals surface area contributed by atoms with Crippen molar-refractivity contribution in [3.63, 3.8) is 0 Å². The van der Waals surface area contributed by atoms with Crippen LogP contribution in [0.3, 0.4) is 0 Å². The lowest BCUT2D eigenvalue weighted by atomic mass is 9.90. The van der Waals surface area contributed by atoms with Crippen molar-refractivity contribution < 1.29 is 4.79 Å². The van der Waals surface area contributed by atoms with E-state index in [0.717, 1.165) is 25.7 Å². The fraction of sp³-hybridized carbons (Fsp3) is 0.583. The Bertz CT molecular complexity index is 264. The third-order valence-corrected chi connectivity index (χ3v) is 3.11. The molecule has 0 aliphatic heterocycles. The first-order valence-corrected chi connectivity index (χ1v) is 6.28. The maximum absolute atomic E-state index is 11.8. The quantitative estimate of drug-likeness (QED) is 0.693. The second kappa shape index (κ2) is 5.97. The van der Waals surface area contributed by atoms with Crippen LogP contribution in [-0.4, -0.2) is 5.78 Å². The number of hydrogen-bond donors (Lipinski definition) is 0. The molecule has 0 aliphatic rings. The molecule has 0 bridgehead atoms. The van der Waals surface area contributed by atoms with Crippen molar-refractivity contribution in [3.8, 4) is 0 Å². The first-order chi connectivity index (χ1) is 6.79. The minimum atomic E-state index is 0.159. The summed E-state index contributed by atoms with van der Waals surface area (Å²) in [6, 6.07) is 2.08. The molecule has 0 aliphatic carbocycles. The summed E-state index contributed by atoms with van der Waals surface area (Å²) < 4.78 is 0. The van der Waals surface area contributed by atoms with Gasteiger partial charge in [-0.15, -0.1) is 0 Å². The summed E-state index contributed by atoms with van der Waals surface area (Å²) in [6.07, 6.45) is 3.76. The smallest absolute Gasteiger partial charge is 0.140 e. The Morgan fingerprint density at radius 3 is 2.71 bits per heavy atom. The summed E-state index contributed by atoms with van der Waals surface area (Å²) in [5.74, 6) is 0.568. The van der Waals surface area contributed by atoms with Crippen molar-refractivity contribution in [3.05, 3.63) is 22.4 Å². The van der Waals surface area contributed by atoms with Gasteiger partial charge in [-0.05, 0) is 35.2 Å². The molecule has 1 heterocycles. The van der Waals surface area contributed by atoms with E-state index in [1.807, 2.05) is 0 Å². The lowest BCUT2D eigenvalue weighted by molar-refractivity contribution is -0.120. The molecular formula is C12H18OS. The molecule has 0 fully saturated rings. The number of ketones is 1. The standard InChI is InChI=1S/C12H18OS/c1-3-5-11(12(13)6-4-2)10-7-8-14-9-10/h7-9,11H,3-6H2,1-2H3. The van der Waals surface area contributed by atoms with Crippen molar-refractivity contribution in [2.45, 2.75) is 45.4 Å². The predicted molar refractivity (Wildman–Crippen MR) is 61.9 cm³/mol. The van der Waals surface area contributed by atoms with Crippen molar-refractivity contribution in [2.24, 2.45) is 0 Å². The number of carbonyl (C=O) groups excluding carboxylic acids is 1. The zero-order chi connectivity index (χ0) is 10.4. The van der Waals surface area contributed by atoms with Crippen molar-refractivity contribution in [1.29, 1.82) is 0 Å². The fourth-order valence-corrected chi connectivity index (χ4v) is 2.41. The van der Waals surface area contributed by atoms with Crippen LogP contribution < -0.4 is 0 Å². The molecule has 0 aromatic carbocycles. The highest BCUT2D eigenvalue weighted by Gasteiger charge is 2.18. The van der Waals surface area contributed by atoms with Gasteiger partial charge in [0, 0.05) is 12.3 Å². The second-order valence-corrected chi connectivity index (χ2v) is 4.39. The Morgan fingerprint density at radius 1 is 1.43 bits per heavy atom. The molecule has 1 aromatic heterocycles. The maximum Gasteiger partial charge on any atom is 0.140 e. The minimum absolute atomic E-state index is 0.159. The zero-order valence-electron chi connectivity index (χ0n) is 8.95. The van der Waals surface area contributed by atoms with Crippen LogP contribution in [0.15, 0.2) is 16.8 Å². The van der Waals surface area contributed by atoms with Gasteiger partial charge in [0.1, 0.15) is 5.78 Å². The van der Waals surface area contributed by atoms with Crippen LogP contribution in [0.1, 0.15) is 51.0 Å². The van der Waals surface area contributed by atoms with Crippen LogP contribution >= 0.6 is 11.3 Å². The molecule has 0 spiro atoms. The molecule has 2 heteroatoms. The highest BCUT2D eigenvalue weighted by atomic mass is 32.1. The molecule has 0 saturated heterocycles. The van der Waals surface area contributed by atoms with Gasteiger partial charge in [0.05, 0.1) is 0 Å². The van der Waals surface area contributed by atoms with Gasteiger partial charge < -0.3 is 0 Å². The summed E-state index contributed by atoms with van der Waals surface area (Å²) in [6.45, 7) is 4.20. The molecule has 78 valence electrons. The fourth-order valence-electron chi connectivity index (χ4n) is 1.70. The number of Topliss-reactive ketones (excluding diaryl/α,β-unsaturated/α-hetero) is 1. The molecule has 1 rings (SSSR count). The van der Waals surface area contributed by atoms with Gasteiger partial charge >= 0.3 is 0 Å². The third kappa shape index (κ3) is 2.95. The first kappa shape index (κ1) is 11.4. The van der Waals surface area contributed by atoms with Crippen LogP contribution in [0.25, 0.3) is 0 Å². The lowest BCUT2D eigenvalue weighted by Crippen LogP contribution is -2.11. The van der Waals surface area contributed by atoms with Gasteiger partial charge in [0.15, 0.2) is 0 Å². The van der Waals surface area contributed by atoms with E-state index in [0.29, 0.717) is 5.78 Å². The zero-order valence-corrected chi connectivity index (χ0v) is 9.77. The highest BCUT2D eigenvalue weighted by molar-refractivity contribution is 7.08. The summed E-state index contributed by atoms with van der Waals surface area (Å²) >= 11 is 1.68. The average molecular weight is 210 g/mol. The SMILES string of the molecule is CCCC(=O)C(CCC)c1ccsc1. The Kier molecular flexibility index (Phi) is 4.88. The second-order valence-electron chi connectivity index (χ2n) is 3.61. The summed E-state index contributed by atoms with van der Waals surface area (Å²) in [4.78, 5) is 11.8. The molecule has 14 heavy (non-hydrogen) atoms. The topological polar surface area (TPSA) is 17.1 Å². The van der Waals surface area contributed by atoms with E-state index >= 15 is 0 Å². The summed E-state index contributed by atoms with van der Waals surface area (Å²) in [7, 11) is 0. The normalized spacial score (nSPS) is 12.7. The molecule has 0 amide bonds. The molecule has 0 saturated carbocycles. The first-order valence-electron chi connectivity index (χ1n) is 5.34. The molecular weight excluding hydrogens is 192 g/mol. The van der Waals surface area contributed by atoms with Crippen LogP contribution in [0.2, 0.25) is 0 Å². The van der Waals surface area contributed by atoms with Crippen LogP contribution in [0.4, 0.5) is 0 Å². The Morgan fingerprint density at radius 2 is 2.21 bits per heavy atom. The summed E-state index contributed by atoms with van der Waals surface area (Å²) in [5, 5.41) is 4.16. The van der Waals surface area contributed by atoms with Crippen LogP contribution in [-0.2, 0) is 4.79 Å². The van der Waals surface area contributed by atoms with Crippen molar-refractivity contribution >= 4 is 17.1 Å². The van der Waals surface area contributed by atoms with E-state index < -0.39 is 0 Å². The van der Waals surface area contributed by atoms with Gasteiger partial charge in [-0.2, -0.15) is 11.3 Å². The van der Waals surface area contributed by atoms with Crippen LogP contribution in [0.5, 0.6) is 0 Å². The Labute approximate surface area is 90.2 Å². The van der Waals surface area contributed by atoms with Crippen molar-refractivity contribution in [2.75, 3.05) is 0 Å². The van der Waals surface area contributed by atoms with Gasteiger partial charge in [-0.25, -0.2) is 0 Å². The van der Waals surface area contributed by atoms with Gasteiger partial charge in [-0.1, -0.05) is 20.3 Å². The molecule has 0 radical (unpaired) electrons. The number of thiophene rings is 1. The maximum atomic E-state index is 11.8. The Balaban J connectivity index is 2.69. The third-order valence-electron chi connectivity index (χ3n) is 2.41. The average Bonchev–Trinajstić information content (AvgIpc) is 2.67. The van der Waals surface area contributed by atoms with E-state index in [4.69, 9.17) is 0 Å². The highest BCUT2D eigenvalue weighted by Crippen LogP contribution is 2.25. The van der Waals surface area contributed by atoms with E-state index in [2.05, 4.69) is 30.7 Å². The predicted octanol–water partition coefficient (Wildman–Crippen LogP) is 4.00. The molecule has 1 aromatic rings. The Hall–Kier alpha value is -0.630. The van der Waals surface area contributed by atoms with E-state index in [1.54, 1.807) is 11.3 Å². The monoisotopic (exact) mass is 210 g/mol. The summed E-state index contributed by atoms with van der Waals surface area (Å²) in [5.41, 5.74) is 1.22. The number of hydrogen-bond acceptors (Lipinski definition) is 2. The van der Waals surface area contributed by atoms with Gasteiger partial charge in [0.25, 0.3) is 0 Å².